The number of rotatable bonds is 13. The van der Waals surface area contributed by atoms with E-state index in [-0.39, 0.29) is 30.0 Å². The van der Waals surface area contributed by atoms with Crippen molar-refractivity contribution in [2.45, 2.75) is 77.4 Å². The summed E-state index contributed by atoms with van der Waals surface area (Å²) in [5.41, 5.74) is 1.14. The number of nitrogens with one attached hydrogen (secondary N) is 1. The van der Waals surface area contributed by atoms with Gasteiger partial charge in [-0.3, -0.25) is 19.2 Å². The molecule has 0 saturated carbocycles. The van der Waals surface area contributed by atoms with E-state index >= 15 is 0 Å². The molecule has 0 radical (unpaired) electrons. The van der Waals surface area contributed by atoms with Gasteiger partial charge in [0, 0.05) is 38.7 Å². The number of esters is 1. The van der Waals surface area contributed by atoms with Crippen molar-refractivity contribution >= 4 is 35.1 Å². The van der Waals surface area contributed by atoms with Crippen molar-refractivity contribution in [1.29, 1.82) is 0 Å². The van der Waals surface area contributed by atoms with Gasteiger partial charge >= 0.3 is 11.9 Å². The van der Waals surface area contributed by atoms with Crippen LogP contribution in [0.25, 0.3) is 0 Å². The standard InChI is InChI=1S/C27H35N3O7S/c1-15(2)21(30(5)16(3)31)12-23(36-17(4)32)27-29-20(14-38-27)26(35)28-19(11-18-9-7-6-8-10-18)25-22(37-25)13-24(33)34/h6-10,14-15,19,21-23,25H,11-13H2,1-5H3,(H,28,35)(H,33,34)/t19?,21-,22?,23-,25?/m1/s1. The number of aromatic nitrogens is 1. The lowest BCUT2D eigenvalue weighted by Gasteiger charge is -2.32. The fourth-order valence-electron chi connectivity index (χ4n) is 4.48. The van der Waals surface area contributed by atoms with Crippen LogP contribution in [-0.2, 0) is 30.3 Å². The Balaban J connectivity index is 1.77. The molecule has 3 unspecified atom stereocenters. The number of aliphatic carboxylic acids is 1. The van der Waals surface area contributed by atoms with Crippen molar-refractivity contribution in [2.75, 3.05) is 7.05 Å². The summed E-state index contributed by atoms with van der Waals surface area (Å²) in [4.78, 5) is 54.3. The molecule has 0 aliphatic carbocycles. The van der Waals surface area contributed by atoms with E-state index in [1.54, 1.807) is 17.3 Å². The van der Waals surface area contributed by atoms with Crippen LogP contribution in [0.4, 0.5) is 0 Å². The van der Waals surface area contributed by atoms with Gasteiger partial charge in [0.25, 0.3) is 5.91 Å². The van der Waals surface area contributed by atoms with Gasteiger partial charge in [-0.1, -0.05) is 44.2 Å². The predicted octanol–water partition coefficient (Wildman–Crippen LogP) is 3.22. The minimum Gasteiger partial charge on any atom is -0.481 e. The van der Waals surface area contributed by atoms with Crippen LogP contribution in [0.1, 0.15) is 67.7 Å². The normalized spacial score (nSPS) is 18.8. The average Bonchev–Trinajstić information content (AvgIpc) is 3.41. The van der Waals surface area contributed by atoms with Gasteiger partial charge in [-0.25, -0.2) is 4.98 Å². The maximum Gasteiger partial charge on any atom is 0.306 e. The molecule has 206 valence electrons. The Morgan fingerprint density at radius 1 is 1.18 bits per heavy atom. The van der Waals surface area contributed by atoms with Crippen molar-refractivity contribution < 1.29 is 33.8 Å². The molecule has 1 aromatic carbocycles. The third-order valence-corrected chi connectivity index (χ3v) is 7.50. The van der Waals surface area contributed by atoms with Crippen molar-refractivity contribution in [1.82, 2.24) is 15.2 Å². The highest BCUT2D eigenvalue weighted by Gasteiger charge is 2.46. The molecule has 1 saturated heterocycles. The van der Waals surface area contributed by atoms with E-state index in [2.05, 4.69) is 10.3 Å². The largest absolute Gasteiger partial charge is 0.481 e. The Labute approximate surface area is 226 Å². The average molecular weight is 546 g/mol. The first-order valence-corrected chi connectivity index (χ1v) is 13.4. The van der Waals surface area contributed by atoms with E-state index in [0.29, 0.717) is 17.8 Å². The van der Waals surface area contributed by atoms with Crippen LogP contribution in [0.15, 0.2) is 35.7 Å². The van der Waals surface area contributed by atoms with Gasteiger partial charge in [0.1, 0.15) is 16.8 Å². The van der Waals surface area contributed by atoms with Gasteiger partial charge in [0.05, 0.1) is 18.6 Å². The van der Waals surface area contributed by atoms with Crippen LogP contribution in [-0.4, -0.2) is 70.1 Å². The third kappa shape index (κ3) is 8.09. The molecular formula is C27H35N3O7S. The topological polar surface area (TPSA) is 138 Å². The molecule has 0 spiro atoms. The first-order chi connectivity index (χ1) is 18.0. The Bertz CT molecular complexity index is 1140. The minimum atomic E-state index is -0.960. The van der Waals surface area contributed by atoms with Gasteiger partial charge in [-0.05, 0) is 17.9 Å². The minimum absolute atomic E-state index is 0.0979. The summed E-state index contributed by atoms with van der Waals surface area (Å²) in [6.07, 6.45) is -0.940. The lowest BCUT2D eigenvalue weighted by molar-refractivity contribution is -0.148. The summed E-state index contributed by atoms with van der Waals surface area (Å²) in [5, 5.41) is 14.1. The summed E-state index contributed by atoms with van der Waals surface area (Å²) >= 11 is 1.20. The molecule has 1 aromatic heterocycles. The number of epoxide rings is 1. The fourth-order valence-corrected chi connectivity index (χ4v) is 5.32. The van der Waals surface area contributed by atoms with Crippen molar-refractivity contribution in [3.05, 3.63) is 52.0 Å². The number of carboxylic acids is 1. The molecule has 38 heavy (non-hydrogen) atoms. The summed E-state index contributed by atoms with van der Waals surface area (Å²) in [5.74, 6) is -1.88. The van der Waals surface area contributed by atoms with E-state index < -0.39 is 42.2 Å². The fraction of sp³-hybridized carbons (Fsp3) is 0.519. The van der Waals surface area contributed by atoms with Crippen LogP contribution in [0.2, 0.25) is 0 Å². The maximum atomic E-state index is 13.2. The van der Waals surface area contributed by atoms with Crippen LogP contribution >= 0.6 is 11.3 Å². The monoisotopic (exact) mass is 545 g/mol. The summed E-state index contributed by atoms with van der Waals surface area (Å²) < 4.78 is 11.2. The van der Waals surface area contributed by atoms with E-state index in [0.717, 1.165) is 5.56 Å². The van der Waals surface area contributed by atoms with Crippen molar-refractivity contribution in [2.24, 2.45) is 5.92 Å². The number of hydrogen-bond acceptors (Lipinski definition) is 8. The Hall–Kier alpha value is -3.31. The van der Waals surface area contributed by atoms with Gasteiger partial charge in [0.2, 0.25) is 5.91 Å². The highest BCUT2D eigenvalue weighted by molar-refractivity contribution is 7.09. The Kier molecular flexibility index (Phi) is 9.98. The van der Waals surface area contributed by atoms with Gasteiger partial charge in [0.15, 0.2) is 6.10 Å². The Morgan fingerprint density at radius 2 is 1.87 bits per heavy atom. The third-order valence-electron chi connectivity index (χ3n) is 6.57. The molecule has 1 aliphatic heterocycles. The van der Waals surface area contributed by atoms with E-state index in [4.69, 9.17) is 14.6 Å². The molecule has 0 bridgehead atoms. The van der Waals surface area contributed by atoms with Crippen LogP contribution in [0.3, 0.4) is 0 Å². The second-order valence-electron chi connectivity index (χ2n) is 9.85. The molecule has 5 atom stereocenters. The molecule has 2 amide bonds. The van der Waals surface area contributed by atoms with Crippen molar-refractivity contribution in [3.63, 3.8) is 0 Å². The number of thiazole rings is 1. The maximum absolute atomic E-state index is 13.2. The highest BCUT2D eigenvalue weighted by Crippen LogP contribution is 2.32. The summed E-state index contributed by atoms with van der Waals surface area (Å²) in [6, 6.07) is 8.90. The van der Waals surface area contributed by atoms with Crippen LogP contribution in [0, 0.1) is 5.92 Å². The summed E-state index contributed by atoms with van der Waals surface area (Å²) in [6.45, 7) is 6.77. The molecule has 10 nitrogen and oxygen atoms in total. The molecule has 2 heterocycles. The number of carbonyl (C=O) groups excluding carboxylic acids is 3. The smallest absolute Gasteiger partial charge is 0.306 e. The first kappa shape index (κ1) is 29.2. The van der Waals surface area contributed by atoms with Crippen LogP contribution in [0.5, 0.6) is 0 Å². The lowest BCUT2D eigenvalue weighted by Crippen LogP contribution is -2.41. The number of amides is 2. The van der Waals surface area contributed by atoms with Gasteiger partial charge in [-0.2, -0.15) is 0 Å². The van der Waals surface area contributed by atoms with E-state index in [1.165, 1.54) is 25.2 Å². The lowest BCUT2D eigenvalue weighted by atomic mass is 9.96. The zero-order chi connectivity index (χ0) is 28.0. The zero-order valence-corrected chi connectivity index (χ0v) is 23.1. The van der Waals surface area contributed by atoms with Gasteiger partial charge < -0.3 is 24.8 Å². The molecule has 2 aromatic rings. The number of ether oxygens (including phenoxy) is 2. The number of hydrogen-bond donors (Lipinski definition) is 2. The first-order valence-electron chi connectivity index (χ1n) is 12.5. The van der Waals surface area contributed by atoms with Gasteiger partial charge in [-0.15, -0.1) is 11.3 Å². The van der Waals surface area contributed by atoms with E-state index in [9.17, 15) is 19.2 Å². The second-order valence-corrected chi connectivity index (χ2v) is 10.7. The van der Waals surface area contributed by atoms with Crippen LogP contribution < -0.4 is 5.32 Å². The zero-order valence-electron chi connectivity index (χ0n) is 22.2. The quantitative estimate of drug-likeness (QED) is 0.289. The molecule has 3 rings (SSSR count). The number of carboxylic acid groups (broad SMARTS) is 1. The number of nitrogens with zero attached hydrogens (tertiary/aromatic N) is 2. The predicted molar refractivity (Wildman–Crippen MR) is 141 cm³/mol. The second kappa shape index (κ2) is 13.0. The molecule has 11 heteroatoms. The highest BCUT2D eigenvalue weighted by atomic mass is 32.1. The molecule has 1 aliphatic rings. The number of carbonyl (C=O) groups is 4. The van der Waals surface area contributed by atoms with E-state index in [1.807, 2.05) is 44.2 Å². The molecule has 1 fully saturated rings. The van der Waals surface area contributed by atoms with Crippen molar-refractivity contribution in [3.8, 4) is 0 Å². The number of benzene rings is 1. The molecular weight excluding hydrogens is 510 g/mol. The summed E-state index contributed by atoms with van der Waals surface area (Å²) in [7, 11) is 1.71. The SMILES string of the molecule is CC(=O)O[C@H](C[C@H](C(C)C)N(C)C(C)=O)c1nc(C(=O)NC(Cc2ccccc2)C2OC2CC(=O)O)cs1. The Morgan fingerprint density at radius 3 is 2.45 bits per heavy atom. The molecule has 2 N–H and O–H groups in total.